The zero-order valence-electron chi connectivity index (χ0n) is 15.3. The van der Waals surface area contributed by atoms with Gasteiger partial charge in [0.2, 0.25) is 0 Å². The zero-order valence-corrected chi connectivity index (χ0v) is 15.3. The van der Waals surface area contributed by atoms with Crippen molar-refractivity contribution in [3.05, 3.63) is 12.2 Å². The van der Waals surface area contributed by atoms with Gasteiger partial charge in [0.05, 0.1) is 6.61 Å². The minimum Gasteiger partial charge on any atom is -0.395 e. The first-order chi connectivity index (χ1) is 11.4. The van der Waals surface area contributed by atoms with Crippen LogP contribution in [0.2, 0.25) is 0 Å². The number of hydrogen-bond acceptors (Lipinski definition) is 3. The molecule has 134 valence electrons. The van der Waals surface area contributed by atoms with Crippen molar-refractivity contribution in [3.63, 3.8) is 0 Å². The van der Waals surface area contributed by atoms with Crippen LogP contribution >= 0.6 is 0 Å². The van der Waals surface area contributed by atoms with Crippen LogP contribution < -0.4 is 0 Å². The summed E-state index contributed by atoms with van der Waals surface area (Å²) in [7, 11) is 0. The van der Waals surface area contributed by atoms with E-state index in [1.54, 1.807) is 0 Å². The Morgan fingerprint density at radius 3 is 2.35 bits per heavy atom. The lowest BCUT2D eigenvalue weighted by atomic mass is 10.1. The minimum atomic E-state index is 0.242. The fraction of sp³-hybridized carbons (Fsp3) is 0.850. The second kappa shape index (κ2) is 14.9. The Morgan fingerprint density at radius 2 is 1.65 bits per heavy atom. The van der Waals surface area contributed by atoms with Gasteiger partial charge in [0, 0.05) is 19.3 Å². The van der Waals surface area contributed by atoms with Crippen molar-refractivity contribution in [2.24, 2.45) is 4.99 Å². The number of aliphatic hydroxyl groups is 1. The zero-order chi connectivity index (χ0) is 16.6. The van der Waals surface area contributed by atoms with Gasteiger partial charge in [-0.25, -0.2) is 0 Å². The van der Waals surface area contributed by atoms with Crippen LogP contribution in [0.3, 0.4) is 0 Å². The molecule has 0 amide bonds. The molecule has 0 aromatic carbocycles. The van der Waals surface area contributed by atoms with E-state index in [1.165, 1.54) is 70.6 Å². The molecule has 1 aliphatic rings. The molecule has 1 rings (SSSR count). The number of unbranched alkanes of at least 4 members (excludes halogenated alkanes) is 9. The first-order valence-electron chi connectivity index (χ1n) is 9.90. The molecule has 0 aliphatic carbocycles. The van der Waals surface area contributed by atoms with Crippen LogP contribution in [0.5, 0.6) is 0 Å². The Bertz CT molecular complexity index is 315. The molecule has 3 heteroatoms. The van der Waals surface area contributed by atoms with Crippen LogP contribution in [0.4, 0.5) is 0 Å². The van der Waals surface area contributed by atoms with Gasteiger partial charge in [0.25, 0.3) is 0 Å². The monoisotopic (exact) mass is 322 g/mol. The molecule has 1 unspecified atom stereocenters. The summed E-state index contributed by atoms with van der Waals surface area (Å²) < 4.78 is 0. The van der Waals surface area contributed by atoms with Crippen LogP contribution in [-0.2, 0) is 0 Å². The summed E-state index contributed by atoms with van der Waals surface area (Å²) in [6, 6.07) is 0. The molecule has 3 nitrogen and oxygen atoms in total. The number of nitrogens with zero attached hydrogens (tertiary/aromatic N) is 2. The molecule has 0 radical (unpaired) electrons. The molecule has 1 atom stereocenters. The van der Waals surface area contributed by atoms with E-state index in [-0.39, 0.29) is 6.61 Å². The fourth-order valence-corrected chi connectivity index (χ4v) is 3.16. The molecule has 23 heavy (non-hydrogen) atoms. The molecule has 0 bridgehead atoms. The molecular weight excluding hydrogens is 284 g/mol. The average Bonchev–Trinajstić information content (AvgIpc) is 2.99. The van der Waals surface area contributed by atoms with Gasteiger partial charge in [0.15, 0.2) is 0 Å². The highest BCUT2D eigenvalue weighted by atomic mass is 16.3. The van der Waals surface area contributed by atoms with Gasteiger partial charge in [-0.1, -0.05) is 57.6 Å². The summed E-state index contributed by atoms with van der Waals surface area (Å²) in [6.45, 7) is 4.18. The molecule has 1 N–H and O–H groups in total. The summed E-state index contributed by atoms with van der Waals surface area (Å²) in [6.07, 6.45) is 22.8. The number of allylic oxidation sites excluding steroid dienone is 2. The van der Waals surface area contributed by atoms with Crippen molar-refractivity contribution in [1.82, 2.24) is 4.90 Å². The van der Waals surface area contributed by atoms with Crippen LogP contribution in [-0.4, -0.2) is 42.1 Å². The molecule has 0 saturated heterocycles. The van der Waals surface area contributed by atoms with Crippen molar-refractivity contribution in [3.8, 4) is 0 Å². The Labute approximate surface area is 143 Å². The Morgan fingerprint density at radius 1 is 1.00 bits per heavy atom. The lowest BCUT2D eigenvalue weighted by Crippen LogP contribution is -2.32. The van der Waals surface area contributed by atoms with E-state index < -0.39 is 0 Å². The van der Waals surface area contributed by atoms with Gasteiger partial charge in [-0.15, -0.1) is 0 Å². The summed E-state index contributed by atoms with van der Waals surface area (Å²) >= 11 is 0. The molecule has 1 heterocycles. The van der Waals surface area contributed by atoms with E-state index in [4.69, 9.17) is 5.11 Å². The van der Waals surface area contributed by atoms with E-state index in [1.807, 2.05) is 6.21 Å². The van der Waals surface area contributed by atoms with Crippen molar-refractivity contribution in [2.75, 3.05) is 19.7 Å². The standard InChI is InChI=1S/C20H38N2O/c1-2-3-4-5-6-7-8-9-10-11-12-13-14-15-20-21-16-17-22(20)18-19-23/h7-8,16,20,23H,2-6,9-15,17-19H2,1H3/b8-7+. The number of hydrogen-bond donors (Lipinski definition) is 1. The number of β-amino-alcohol motifs (C(OH)–C–C–N with tert-alkyl or cyclic N) is 1. The van der Waals surface area contributed by atoms with Crippen LogP contribution in [0.25, 0.3) is 0 Å². The van der Waals surface area contributed by atoms with E-state index in [9.17, 15) is 0 Å². The maximum absolute atomic E-state index is 9.03. The van der Waals surface area contributed by atoms with Gasteiger partial charge < -0.3 is 5.11 Å². The molecule has 1 aliphatic heterocycles. The molecule has 0 saturated carbocycles. The van der Waals surface area contributed by atoms with Gasteiger partial charge >= 0.3 is 0 Å². The molecule has 0 aromatic rings. The van der Waals surface area contributed by atoms with E-state index in [2.05, 4.69) is 29.0 Å². The van der Waals surface area contributed by atoms with Crippen LogP contribution in [0.1, 0.15) is 84.0 Å². The van der Waals surface area contributed by atoms with Gasteiger partial charge in [-0.05, 0) is 38.5 Å². The minimum absolute atomic E-state index is 0.242. The number of aliphatic imine (C=N–C) groups is 1. The third-order valence-electron chi connectivity index (χ3n) is 4.63. The summed E-state index contributed by atoms with van der Waals surface area (Å²) in [5.41, 5.74) is 0. The first-order valence-corrected chi connectivity index (χ1v) is 9.90. The van der Waals surface area contributed by atoms with Crippen molar-refractivity contribution in [1.29, 1.82) is 0 Å². The predicted octanol–water partition coefficient (Wildman–Crippen LogP) is 4.95. The number of aliphatic hydroxyl groups excluding tert-OH is 1. The highest BCUT2D eigenvalue weighted by Gasteiger charge is 2.19. The number of rotatable bonds is 15. The quantitative estimate of drug-likeness (QED) is 0.342. The molecule has 0 spiro atoms. The first kappa shape index (κ1) is 20.4. The van der Waals surface area contributed by atoms with Gasteiger partial charge in [0.1, 0.15) is 6.17 Å². The summed E-state index contributed by atoms with van der Waals surface area (Å²) in [5, 5.41) is 9.03. The Balaban J connectivity index is 1.84. The molecule has 0 aromatic heterocycles. The maximum Gasteiger partial charge on any atom is 0.102 e. The summed E-state index contributed by atoms with van der Waals surface area (Å²) in [5.74, 6) is 0. The van der Waals surface area contributed by atoms with Crippen molar-refractivity contribution >= 4 is 6.21 Å². The van der Waals surface area contributed by atoms with Gasteiger partial charge in [-0.2, -0.15) is 0 Å². The molecule has 0 fully saturated rings. The SMILES string of the molecule is CCCCCC/C=C/CCCCCCCC1N=CCN1CCO. The molecular formula is C20H38N2O. The van der Waals surface area contributed by atoms with Crippen LogP contribution in [0.15, 0.2) is 17.1 Å². The third kappa shape index (κ3) is 10.7. The highest BCUT2D eigenvalue weighted by molar-refractivity contribution is 5.62. The van der Waals surface area contributed by atoms with Crippen molar-refractivity contribution < 1.29 is 5.11 Å². The fourth-order valence-electron chi connectivity index (χ4n) is 3.16. The smallest absolute Gasteiger partial charge is 0.102 e. The van der Waals surface area contributed by atoms with E-state index >= 15 is 0 Å². The average molecular weight is 323 g/mol. The highest BCUT2D eigenvalue weighted by Crippen LogP contribution is 2.15. The normalized spacial score (nSPS) is 18.4. The van der Waals surface area contributed by atoms with Crippen molar-refractivity contribution in [2.45, 2.75) is 90.1 Å². The predicted molar refractivity (Wildman–Crippen MR) is 101 cm³/mol. The lowest BCUT2D eigenvalue weighted by molar-refractivity contribution is 0.176. The second-order valence-corrected chi connectivity index (χ2v) is 6.70. The summed E-state index contributed by atoms with van der Waals surface area (Å²) in [4.78, 5) is 6.78. The van der Waals surface area contributed by atoms with E-state index in [0.717, 1.165) is 19.5 Å². The topological polar surface area (TPSA) is 35.8 Å². The Hall–Kier alpha value is -0.670. The second-order valence-electron chi connectivity index (χ2n) is 6.70. The Kier molecular flexibility index (Phi) is 13.2. The third-order valence-corrected chi connectivity index (χ3v) is 4.63. The largest absolute Gasteiger partial charge is 0.395 e. The lowest BCUT2D eigenvalue weighted by Gasteiger charge is -2.21. The maximum atomic E-state index is 9.03. The van der Waals surface area contributed by atoms with Crippen LogP contribution in [0, 0.1) is 0 Å². The van der Waals surface area contributed by atoms with E-state index in [0.29, 0.717) is 6.17 Å². The van der Waals surface area contributed by atoms with Gasteiger partial charge in [-0.3, -0.25) is 9.89 Å².